The molecule has 106 valence electrons. The second-order valence-corrected chi connectivity index (χ2v) is 6.95. The maximum atomic E-state index is 3.90. The lowest BCUT2D eigenvalue weighted by Gasteiger charge is -2.36. The van der Waals surface area contributed by atoms with Crippen LogP contribution in [0.5, 0.6) is 0 Å². The van der Waals surface area contributed by atoms with Gasteiger partial charge in [0, 0.05) is 18.1 Å². The minimum Gasteiger partial charge on any atom is -0.314 e. The second-order valence-electron chi connectivity index (χ2n) is 6.95. The molecular weight excluding hydrogens is 220 g/mol. The summed E-state index contributed by atoms with van der Waals surface area (Å²) in [5, 5.41) is 7.56. The van der Waals surface area contributed by atoms with E-state index < -0.39 is 0 Å². The van der Waals surface area contributed by atoms with Crippen LogP contribution in [0.15, 0.2) is 0 Å². The average molecular weight is 252 g/mol. The summed E-state index contributed by atoms with van der Waals surface area (Å²) in [4.78, 5) is 0. The van der Waals surface area contributed by atoms with Crippen LogP contribution in [-0.2, 0) is 0 Å². The zero-order chi connectivity index (χ0) is 13.0. The quantitative estimate of drug-likeness (QED) is 0.802. The highest BCUT2D eigenvalue weighted by Crippen LogP contribution is 2.29. The molecule has 2 nitrogen and oxygen atoms in total. The maximum Gasteiger partial charge on any atom is 0.00953 e. The van der Waals surface area contributed by atoms with Gasteiger partial charge in [-0.2, -0.15) is 0 Å². The first-order valence-corrected chi connectivity index (χ1v) is 8.14. The summed E-state index contributed by atoms with van der Waals surface area (Å²) in [6.45, 7) is 8.44. The molecule has 0 aromatic rings. The third-order valence-corrected chi connectivity index (χ3v) is 4.98. The molecule has 0 amide bonds. The Labute approximate surface area is 113 Å². The molecule has 2 rings (SSSR count). The number of rotatable bonds is 4. The molecule has 0 bridgehead atoms. The molecule has 1 aliphatic heterocycles. The van der Waals surface area contributed by atoms with Crippen molar-refractivity contribution >= 4 is 0 Å². The number of hydrogen-bond acceptors (Lipinski definition) is 2. The van der Waals surface area contributed by atoms with Crippen LogP contribution in [0.2, 0.25) is 0 Å². The van der Waals surface area contributed by atoms with Crippen molar-refractivity contribution in [3.63, 3.8) is 0 Å². The van der Waals surface area contributed by atoms with E-state index in [1.165, 1.54) is 51.5 Å². The molecule has 1 heterocycles. The van der Waals surface area contributed by atoms with Crippen LogP contribution >= 0.6 is 0 Å². The summed E-state index contributed by atoms with van der Waals surface area (Å²) in [6, 6.07) is 2.19. The van der Waals surface area contributed by atoms with Crippen molar-refractivity contribution in [1.82, 2.24) is 10.6 Å². The zero-order valence-electron chi connectivity index (χ0n) is 12.5. The Morgan fingerprint density at radius 1 is 1.17 bits per heavy atom. The van der Waals surface area contributed by atoms with Crippen molar-refractivity contribution in [2.24, 2.45) is 11.8 Å². The van der Waals surface area contributed by atoms with Crippen molar-refractivity contribution in [2.75, 3.05) is 6.54 Å². The molecule has 0 aromatic heterocycles. The molecule has 0 radical (unpaired) electrons. The van der Waals surface area contributed by atoms with Crippen LogP contribution in [0, 0.1) is 11.8 Å². The first-order chi connectivity index (χ1) is 8.65. The molecule has 2 heteroatoms. The fourth-order valence-electron chi connectivity index (χ4n) is 3.90. The summed E-state index contributed by atoms with van der Waals surface area (Å²) in [5.74, 6) is 1.80. The van der Waals surface area contributed by atoms with Gasteiger partial charge in [-0.3, -0.25) is 0 Å². The fraction of sp³-hybridized carbons (Fsp3) is 1.00. The van der Waals surface area contributed by atoms with Gasteiger partial charge >= 0.3 is 0 Å². The SMILES string of the molecule is CC1CCC(NC(C)CC2CCCCN2)C(C)C1. The molecule has 2 aliphatic rings. The maximum absolute atomic E-state index is 3.90. The van der Waals surface area contributed by atoms with E-state index in [0.717, 1.165) is 23.9 Å². The Morgan fingerprint density at radius 2 is 2.00 bits per heavy atom. The highest BCUT2D eigenvalue weighted by molar-refractivity contribution is 4.85. The molecular formula is C16H32N2. The summed E-state index contributed by atoms with van der Waals surface area (Å²) in [7, 11) is 0. The number of hydrogen-bond donors (Lipinski definition) is 2. The molecule has 2 fully saturated rings. The van der Waals surface area contributed by atoms with E-state index in [4.69, 9.17) is 0 Å². The van der Waals surface area contributed by atoms with Crippen molar-refractivity contribution in [2.45, 2.75) is 83.8 Å². The van der Waals surface area contributed by atoms with Gasteiger partial charge in [0.05, 0.1) is 0 Å². The lowest BCUT2D eigenvalue weighted by molar-refractivity contribution is 0.207. The van der Waals surface area contributed by atoms with E-state index in [9.17, 15) is 0 Å². The molecule has 5 atom stereocenters. The highest BCUT2D eigenvalue weighted by Gasteiger charge is 2.26. The molecule has 2 N–H and O–H groups in total. The van der Waals surface area contributed by atoms with Gasteiger partial charge in [0.2, 0.25) is 0 Å². The monoisotopic (exact) mass is 252 g/mol. The van der Waals surface area contributed by atoms with E-state index in [0.29, 0.717) is 6.04 Å². The normalized spacial score (nSPS) is 39.5. The van der Waals surface area contributed by atoms with E-state index >= 15 is 0 Å². The molecule has 1 saturated carbocycles. The fourth-order valence-corrected chi connectivity index (χ4v) is 3.90. The number of piperidine rings is 1. The van der Waals surface area contributed by atoms with Crippen molar-refractivity contribution in [3.8, 4) is 0 Å². The van der Waals surface area contributed by atoms with Crippen LogP contribution in [0.3, 0.4) is 0 Å². The predicted molar refractivity (Wildman–Crippen MR) is 78.8 cm³/mol. The van der Waals surface area contributed by atoms with Gasteiger partial charge in [0.15, 0.2) is 0 Å². The lowest BCUT2D eigenvalue weighted by atomic mass is 9.79. The minimum absolute atomic E-state index is 0.668. The smallest absolute Gasteiger partial charge is 0.00953 e. The van der Waals surface area contributed by atoms with Gasteiger partial charge in [-0.05, 0) is 63.8 Å². The van der Waals surface area contributed by atoms with Gasteiger partial charge in [-0.25, -0.2) is 0 Å². The summed E-state index contributed by atoms with van der Waals surface area (Å²) < 4.78 is 0. The largest absolute Gasteiger partial charge is 0.314 e. The molecule has 0 spiro atoms. The van der Waals surface area contributed by atoms with E-state index in [2.05, 4.69) is 31.4 Å². The Kier molecular flexibility index (Phi) is 5.50. The van der Waals surface area contributed by atoms with E-state index in [1.54, 1.807) is 0 Å². The van der Waals surface area contributed by atoms with Crippen LogP contribution in [0.1, 0.15) is 65.7 Å². The van der Waals surface area contributed by atoms with Gasteiger partial charge in [-0.1, -0.05) is 20.3 Å². The molecule has 1 saturated heterocycles. The topological polar surface area (TPSA) is 24.1 Å². The minimum atomic E-state index is 0.668. The van der Waals surface area contributed by atoms with Crippen LogP contribution in [-0.4, -0.2) is 24.7 Å². The van der Waals surface area contributed by atoms with Gasteiger partial charge in [-0.15, -0.1) is 0 Å². The summed E-state index contributed by atoms with van der Waals surface area (Å²) in [6.07, 6.45) is 9.67. The Morgan fingerprint density at radius 3 is 2.67 bits per heavy atom. The molecule has 5 unspecified atom stereocenters. The standard InChI is InChI=1S/C16H32N2/c1-12-7-8-16(13(2)10-12)18-14(3)11-15-6-4-5-9-17-15/h12-18H,4-11H2,1-3H3. The zero-order valence-corrected chi connectivity index (χ0v) is 12.5. The highest BCUT2D eigenvalue weighted by atomic mass is 15.0. The van der Waals surface area contributed by atoms with E-state index in [-0.39, 0.29) is 0 Å². The third kappa shape index (κ3) is 4.24. The lowest BCUT2D eigenvalue weighted by Crippen LogP contribution is -2.46. The van der Waals surface area contributed by atoms with Gasteiger partial charge in [0.25, 0.3) is 0 Å². The van der Waals surface area contributed by atoms with Crippen LogP contribution < -0.4 is 10.6 Å². The molecule has 1 aliphatic carbocycles. The summed E-state index contributed by atoms with van der Waals surface area (Å²) >= 11 is 0. The van der Waals surface area contributed by atoms with Gasteiger partial charge < -0.3 is 10.6 Å². The average Bonchev–Trinajstić information content (AvgIpc) is 2.34. The van der Waals surface area contributed by atoms with Crippen molar-refractivity contribution < 1.29 is 0 Å². The van der Waals surface area contributed by atoms with Crippen LogP contribution in [0.4, 0.5) is 0 Å². The Balaban J connectivity index is 1.71. The first kappa shape index (κ1) is 14.3. The second kappa shape index (κ2) is 6.91. The molecule has 0 aromatic carbocycles. The Hall–Kier alpha value is -0.0800. The summed E-state index contributed by atoms with van der Waals surface area (Å²) in [5.41, 5.74) is 0. The van der Waals surface area contributed by atoms with Gasteiger partial charge in [0.1, 0.15) is 0 Å². The number of nitrogens with one attached hydrogen (secondary N) is 2. The van der Waals surface area contributed by atoms with Crippen LogP contribution in [0.25, 0.3) is 0 Å². The predicted octanol–water partition coefficient (Wildman–Crippen LogP) is 3.32. The van der Waals surface area contributed by atoms with Crippen molar-refractivity contribution in [3.05, 3.63) is 0 Å². The van der Waals surface area contributed by atoms with Crippen molar-refractivity contribution in [1.29, 1.82) is 0 Å². The Bertz CT molecular complexity index is 235. The first-order valence-electron chi connectivity index (χ1n) is 8.14. The third-order valence-electron chi connectivity index (χ3n) is 4.98. The van der Waals surface area contributed by atoms with E-state index in [1.807, 2.05) is 0 Å². The molecule has 18 heavy (non-hydrogen) atoms.